The number of hydrogen-bond acceptors (Lipinski definition) is 2. The van der Waals surface area contributed by atoms with Crippen molar-refractivity contribution < 1.29 is 8.78 Å². The molecular weight excluding hydrogens is 212 g/mol. The minimum absolute atomic E-state index is 0.119. The third-order valence-electron chi connectivity index (χ3n) is 2.54. The summed E-state index contributed by atoms with van der Waals surface area (Å²) < 4.78 is 25.4. The molecule has 3 nitrogen and oxygen atoms in total. The Morgan fingerprint density at radius 1 is 1.38 bits per heavy atom. The van der Waals surface area contributed by atoms with Crippen molar-refractivity contribution in [2.75, 3.05) is 0 Å². The highest BCUT2D eigenvalue weighted by Crippen LogP contribution is 2.27. The third-order valence-corrected chi connectivity index (χ3v) is 2.54. The van der Waals surface area contributed by atoms with Gasteiger partial charge in [-0.05, 0) is 18.9 Å². The molecule has 5 heteroatoms. The number of nitrogens with zero attached hydrogens (tertiary/aromatic N) is 1. The van der Waals surface area contributed by atoms with E-state index >= 15 is 0 Å². The van der Waals surface area contributed by atoms with Crippen molar-refractivity contribution in [3.8, 4) is 0 Å². The lowest BCUT2D eigenvalue weighted by molar-refractivity contribution is 0.0637. The average Bonchev–Trinajstić information content (AvgIpc) is 2.49. The van der Waals surface area contributed by atoms with Gasteiger partial charge in [0.1, 0.15) is 0 Å². The molecule has 0 aliphatic rings. The van der Waals surface area contributed by atoms with Crippen LogP contribution in [0.15, 0.2) is 6.20 Å². The number of halogens is 2. The molecule has 1 aromatic rings. The van der Waals surface area contributed by atoms with Crippen LogP contribution in [-0.4, -0.2) is 22.2 Å². The van der Waals surface area contributed by atoms with Crippen LogP contribution in [0, 0.1) is 0 Å². The molecule has 0 aromatic carbocycles. The topological polar surface area (TPSA) is 54.7 Å². The van der Waals surface area contributed by atoms with Crippen LogP contribution < -0.4 is 5.73 Å². The van der Waals surface area contributed by atoms with E-state index in [2.05, 4.69) is 10.2 Å². The Hall–Kier alpha value is -0.970. The highest BCUT2D eigenvalue weighted by molar-refractivity contribution is 5.25. The van der Waals surface area contributed by atoms with Gasteiger partial charge in [0.2, 0.25) is 0 Å². The number of nitrogens with one attached hydrogen (secondary N) is 1. The van der Waals surface area contributed by atoms with Gasteiger partial charge >= 0.3 is 0 Å². The fourth-order valence-corrected chi connectivity index (χ4v) is 1.58. The quantitative estimate of drug-likeness (QED) is 0.838. The number of alkyl halides is 2. The third kappa shape index (κ3) is 2.78. The van der Waals surface area contributed by atoms with E-state index in [9.17, 15) is 8.78 Å². The molecule has 1 unspecified atom stereocenters. The molecule has 1 atom stereocenters. The largest absolute Gasteiger partial charge is 0.320 e. The summed E-state index contributed by atoms with van der Waals surface area (Å²) in [5.41, 5.74) is 5.54. The van der Waals surface area contributed by atoms with Crippen LogP contribution in [0.2, 0.25) is 0 Å². The zero-order valence-corrected chi connectivity index (χ0v) is 10.1. The molecule has 0 aliphatic heterocycles. The normalized spacial score (nSPS) is 16.5. The second-order valence-electron chi connectivity index (χ2n) is 5.50. The minimum Gasteiger partial charge on any atom is -0.320 e. The van der Waals surface area contributed by atoms with E-state index < -0.39 is 12.0 Å². The predicted molar refractivity (Wildman–Crippen MR) is 59.6 cm³/mol. The van der Waals surface area contributed by atoms with Gasteiger partial charge in [-0.25, -0.2) is 8.78 Å². The molecule has 0 spiro atoms. The summed E-state index contributed by atoms with van der Waals surface area (Å²) in [5.74, 6) is 0. The molecule has 0 fully saturated rings. The number of hydrogen-bond donors (Lipinski definition) is 2. The van der Waals surface area contributed by atoms with Gasteiger partial charge in [-0.15, -0.1) is 0 Å². The maximum Gasteiger partial charge on any atom is 0.256 e. The first-order valence-electron chi connectivity index (χ1n) is 5.24. The first-order chi connectivity index (χ1) is 7.14. The second kappa shape index (κ2) is 4.13. The van der Waals surface area contributed by atoms with Gasteiger partial charge in [0.15, 0.2) is 0 Å². The van der Waals surface area contributed by atoms with Gasteiger partial charge in [-0.1, -0.05) is 20.8 Å². The van der Waals surface area contributed by atoms with E-state index in [4.69, 9.17) is 5.73 Å². The molecule has 1 heterocycles. The minimum atomic E-state index is -2.55. The van der Waals surface area contributed by atoms with Crippen LogP contribution in [0.25, 0.3) is 0 Å². The van der Waals surface area contributed by atoms with Crippen molar-refractivity contribution in [1.82, 2.24) is 10.2 Å². The maximum absolute atomic E-state index is 12.7. The Labute approximate surface area is 94.4 Å². The molecule has 0 aliphatic carbocycles. The average molecular weight is 231 g/mol. The molecule has 1 aromatic heterocycles. The molecule has 92 valence electrons. The zero-order chi connectivity index (χ0) is 12.6. The Balaban J connectivity index is 2.95. The van der Waals surface area contributed by atoms with Crippen LogP contribution in [0.5, 0.6) is 0 Å². The Morgan fingerprint density at radius 3 is 2.38 bits per heavy atom. The molecule has 16 heavy (non-hydrogen) atoms. The molecule has 0 radical (unpaired) electrons. The van der Waals surface area contributed by atoms with Crippen molar-refractivity contribution in [2.24, 2.45) is 5.73 Å². The number of rotatable bonds is 3. The van der Waals surface area contributed by atoms with E-state index in [1.165, 1.54) is 6.92 Å². The first-order valence-corrected chi connectivity index (χ1v) is 5.24. The van der Waals surface area contributed by atoms with Gasteiger partial charge in [0.25, 0.3) is 6.43 Å². The Kier molecular flexibility index (Phi) is 3.38. The standard InChI is InChI=1S/C11H19F2N3/c1-10(2,3)8-7(6-15-16-8)5-11(4,14)9(12)13/h6,9H,5,14H2,1-4H3,(H,15,16). The van der Waals surface area contributed by atoms with E-state index in [0.29, 0.717) is 0 Å². The number of aromatic amines is 1. The van der Waals surface area contributed by atoms with Crippen molar-refractivity contribution in [2.45, 2.75) is 51.5 Å². The molecule has 0 saturated carbocycles. The van der Waals surface area contributed by atoms with E-state index in [0.717, 1.165) is 11.3 Å². The van der Waals surface area contributed by atoms with Gasteiger partial charge in [-0.3, -0.25) is 5.10 Å². The summed E-state index contributed by atoms with van der Waals surface area (Å²) in [6.45, 7) is 7.36. The van der Waals surface area contributed by atoms with E-state index in [1.54, 1.807) is 6.20 Å². The van der Waals surface area contributed by atoms with Gasteiger partial charge < -0.3 is 5.73 Å². The van der Waals surface area contributed by atoms with E-state index in [-0.39, 0.29) is 11.8 Å². The lowest BCUT2D eigenvalue weighted by atomic mass is 9.85. The van der Waals surface area contributed by atoms with Gasteiger partial charge in [0.05, 0.1) is 11.7 Å². The zero-order valence-electron chi connectivity index (χ0n) is 10.1. The van der Waals surface area contributed by atoms with Gasteiger partial charge in [0, 0.05) is 11.1 Å². The fourth-order valence-electron chi connectivity index (χ4n) is 1.58. The molecule has 1 rings (SSSR count). The SMILES string of the molecule is CC(C)(C)c1[nH]ncc1CC(C)(N)C(F)F. The Morgan fingerprint density at radius 2 is 1.94 bits per heavy atom. The highest BCUT2D eigenvalue weighted by atomic mass is 19.3. The summed E-state index contributed by atoms with van der Waals surface area (Å²) in [6.07, 6.45) is -0.850. The van der Waals surface area contributed by atoms with Crippen LogP contribution in [0.1, 0.15) is 39.0 Å². The lowest BCUT2D eigenvalue weighted by Gasteiger charge is -2.25. The fraction of sp³-hybridized carbons (Fsp3) is 0.727. The Bertz CT molecular complexity index is 350. The van der Waals surface area contributed by atoms with Crippen molar-refractivity contribution >= 4 is 0 Å². The van der Waals surface area contributed by atoms with Crippen LogP contribution in [0.4, 0.5) is 8.78 Å². The van der Waals surface area contributed by atoms with Crippen molar-refractivity contribution in [3.05, 3.63) is 17.5 Å². The lowest BCUT2D eigenvalue weighted by Crippen LogP contribution is -2.46. The number of nitrogens with two attached hydrogens (primary N) is 1. The highest BCUT2D eigenvalue weighted by Gasteiger charge is 2.33. The monoisotopic (exact) mass is 231 g/mol. The van der Waals surface area contributed by atoms with Crippen LogP contribution in [0.3, 0.4) is 0 Å². The predicted octanol–water partition coefficient (Wildman–Crippen LogP) is 2.23. The summed E-state index contributed by atoms with van der Waals surface area (Å²) in [5, 5.41) is 6.76. The summed E-state index contributed by atoms with van der Waals surface area (Å²) in [6, 6.07) is 0. The van der Waals surface area contributed by atoms with Crippen molar-refractivity contribution in [3.63, 3.8) is 0 Å². The van der Waals surface area contributed by atoms with Crippen LogP contribution in [-0.2, 0) is 11.8 Å². The summed E-state index contributed by atoms with van der Waals surface area (Å²) >= 11 is 0. The summed E-state index contributed by atoms with van der Waals surface area (Å²) in [4.78, 5) is 0. The van der Waals surface area contributed by atoms with Gasteiger partial charge in [-0.2, -0.15) is 5.10 Å². The van der Waals surface area contributed by atoms with E-state index in [1.807, 2.05) is 20.8 Å². The summed E-state index contributed by atoms with van der Waals surface area (Å²) in [7, 11) is 0. The molecule has 3 N–H and O–H groups in total. The first kappa shape index (κ1) is 13.1. The maximum atomic E-state index is 12.7. The smallest absolute Gasteiger partial charge is 0.256 e. The molecule has 0 amide bonds. The van der Waals surface area contributed by atoms with Crippen molar-refractivity contribution in [1.29, 1.82) is 0 Å². The molecule has 0 saturated heterocycles. The number of H-pyrrole nitrogens is 1. The molecular formula is C11H19F2N3. The second-order valence-corrected chi connectivity index (χ2v) is 5.50. The number of aromatic nitrogens is 2. The van der Waals surface area contributed by atoms with Crippen LogP contribution >= 0.6 is 0 Å². The molecule has 0 bridgehead atoms.